The summed E-state index contributed by atoms with van der Waals surface area (Å²) < 4.78 is 2.13. The highest BCUT2D eigenvalue weighted by Gasteiger charge is 2.08. The summed E-state index contributed by atoms with van der Waals surface area (Å²) in [6.07, 6.45) is 2.06. The first kappa shape index (κ1) is 10.4. The summed E-state index contributed by atoms with van der Waals surface area (Å²) in [4.78, 5) is 0. The number of hydrogen-bond acceptors (Lipinski definition) is 0. The molecule has 3 rings (SSSR count). The summed E-state index contributed by atoms with van der Waals surface area (Å²) in [6, 6.07) is 16.5. The molecule has 84 valence electrons. The zero-order valence-electron chi connectivity index (χ0n) is 9.52. The molecule has 2 heteroatoms. The van der Waals surface area contributed by atoms with Crippen LogP contribution in [0.15, 0.2) is 54.7 Å². The highest BCUT2D eigenvalue weighted by Crippen LogP contribution is 2.29. The summed E-state index contributed by atoms with van der Waals surface area (Å²) >= 11 is 6.40. The van der Waals surface area contributed by atoms with Crippen molar-refractivity contribution in [3.05, 3.63) is 65.3 Å². The van der Waals surface area contributed by atoms with E-state index < -0.39 is 0 Å². The lowest BCUT2D eigenvalue weighted by Gasteiger charge is -2.07. The molecular weight excluding hydrogens is 230 g/mol. The minimum absolute atomic E-state index is 0.830. The van der Waals surface area contributed by atoms with Gasteiger partial charge in [-0.05, 0) is 30.7 Å². The maximum absolute atomic E-state index is 6.40. The molecule has 0 saturated carbocycles. The molecule has 2 aromatic carbocycles. The van der Waals surface area contributed by atoms with Crippen LogP contribution in [0, 0.1) is 6.92 Å². The van der Waals surface area contributed by atoms with Crippen molar-refractivity contribution in [2.45, 2.75) is 6.92 Å². The minimum Gasteiger partial charge on any atom is -0.315 e. The molecule has 0 aliphatic rings. The lowest BCUT2D eigenvalue weighted by Crippen LogP contribution is -1.92. The highest BCUT2D eigenvalue weighted by atomic mass is 35.5. The zero-order valence-corrected chi connectivity index (χ0v) is 10.3. The van der Waals surface area contributed by atoms with Gasteiger partial charge in [0, 0.05) is 17.3 Å². The second kappa shape index (κ2) is 3.94. The Morgan fingerprint density at radius 2 is 1.71 bits per heavy atom. The van der Waals surface area contributed by atoms with E-state index in [1.54, 1.807) is 0 Å². The predicted octanol–water partition coefficient (Wildman–Crippen LogP) is 4.59. The summed E-state index contributed by atoms with van der Waals surface area (Å²) in [5.41, 5.74) is 3.32. The van der Waals surface area contributed by atoms with Crippen LogP contribution < -0.4 is 0 Å². The van der Waals surface area contributed by atoms with Gasteiger partial charge in [0.2, 0.25) is 0 Å². The molecule has 1 heterocycles. The van der Waals surface area contributed by atoms with Crippen molar-refractivity contribution >= 4 is 22.5 Å². The van der Waals surface area contributed by atoms with E-state index in [2.05, 4.69) is 41.1 Å². The van der Waals surface area contributed by atoms with E-state index in [0.29, 0.717) is 0 Å². The fraction of sp³-hybridized carbons (Fsp3) is 0.0667. The molecule has 17 heavy (non-hydrogen) atoms. The average molecular weight is 242 g/mol. The minimum atomic E-state index is 0.830. The van der Waals surface area contributed by atoms with Gasteiger partial charge in [0.25, 0.3) is 0 Å². The average Bonchev–Trinajstić information content (AvgIpc) is 2.79. The van der Waals surface area contributed by atoms with Crippen molar-refractivity contribution in [1.82, 2.24) is 4.57 Å². The molecule has 3 aromatic rings. The number of rotatable bonds is 1. The van der Waals surface area contributed by atoms with Crippen LogP contribution in [0.4, 0.5) is 0 Å². The first-order valence-electron chi connectivity index (χ1n) is 5.59. The van der Waals surface area contributed by atoms with Crippen LogP contribution in [-0.2, 0) is 0 Å². The topological polar surface area (TPSA) is 4.93 Å². The third-order valence-corrected chi connectivity index (χ3v) is 3.50. The number of hydrogen-bond donors (Lipinski definition) is 0. The predicted molar refractivity (Wildman–Crippen MR) is 73.0 cm³/mol. The van der Waals surface area contributed by atoms with Crippen molar-refractivity contribution in [3.63, 3.8) is 0 Å². The smallest absolute Gasteiger partial charge is 0.0718 e. The number of halogens is 1. The number of benzene rings is 2. The molecule has 0 aliphatic carbocycles. The van der Waals surface area contributed by atoms with Crippen LogP contribution in [0.5, 0.6) is 0 Å². The van der Waals surface area contributed by atoms with Gasteiger partial charge in [-0.25, -0.2) is 0 Å². The quantitative estimate of drug-likeness (QED) is 0.587. The molecule has 0 atom stereocenters. The summed E-state index contributed by atoms with van der Waals surface area (Å²) in [6.45, 7) is 2.03. The van der Waals surface area contributed by atoms with E-state index in [-0.39, 0.29) is 0 Å². The van der Waals surface area contributed by atoms with Crippen molar-refractivity contribution in [1.29, 1.82) is 0 Å². The van der Waals surface area contributed by atoms with Crippen molar-refractivity contribution in [2.75, 3.05) is 0 Å². The maximum atomic E-state index is 6.40. The van der Waals surface area contributed by atoms with Gasteiger partial charge < -0.3 is 4.57 Å². The number of para-hydroxylation sites is 1. The zero-order chi connectivity index (χ0) is 11.8. The van der Waals surface area contributed by atoms with Gasteiger partial charge in [0.15, 0.2) is 0 Å². The van der Waals surface area contributed by atoms with Gasteiger partial charge in [-0.1, -0.05) is 41.9 Å². The summed E-state index contributed by atoms with van der Waals surface area (Å²) in [5.74, 6) is 0. The molecule has 0 N–H and O–H groups in total. The van der Waals surface area contributed by atoms with E-state index in [1.165, 1.54) is 5.39 Å². The molecule has 0 radical (unpaired) electrons. The Morgan fingerprint density at radius 1 is 0.941 bits per heavy atom. The Bertz CT molecular complexity index is 668. The lowest BCUT2D eigenvalue weighted by atomic mass is 10.2. The molecule has 0 saturated heterocycles. The molecule has 1 nitrogen and oxygen atoms in total. The Kier molecular flexibility index (Phi) is 2.41. The molecule has 1 aromatic heterocycles. The van der Waals surface area contributed by atoms with Gasteiger partial charge in [0.05, 0.1) is 10.5 Å². The van der Waals surface area contributed by atoms with E-state index in [9.17, 15) is 0 Å². The van der Waals surface area contributed by atoms with Gasteiger partial charge in [0.1, 0.15) is 0 Å². The molecule has 0 spiro atoms. The second-order valence-electron chi connectivity index (χ2n) is 4.16. The molecule has 0 unspecified atom stereocenters. The third kappa shape index (κ3) is 1.63. The third-order valence-electron chi connectivity index (χ3n) is 3.02. The summed E-state index contributed by atoms with van der Waals surface area (Å²) in [5, 5.41) is 2.00. The Morgan fingerprint density at radius 3 is 2.47 bits per heavy atom. The molecule has 0 fully saturated rings. The highest BCUT2D eigenvalue weighted by molar-refractivity contribution is 6.36. The van der Waals surface area contributed by atoms with Crippen LogP contribution in [0.1, 0.15) is 5.56 Å². The summed E-state index contributed by atoms with van der Waals surface area (Å²) in [7, 11) is 0. The lowest BCUT2D eigenvalue weighted by molar-refractivity contribution is 1.13. The Labute approximate surface area is 105 Å². The van der Waals surface area contributed by atoms with Crippen LogP contribution in [0.2, 0.25) is 5.02 Å². The second-order valence-corrected chi connectivity index (χ2v) is 4.53. The van der Waals surface area contributed by atoms with Crippen molar-refractivity contribution < 1.29 is 0 Å². The van der Waals surface area contributed by atoms with E-state index in [0.717, 1.165) is 21.8 Å². The maximum Gasteiger partial charge on any atom is 0.0718 e. The number of aryl methyl sites for hydroxylation is 1. The van der Waals surface area contributed by atoms with Gasteiger partial charge >= 0.3 is 0 Å². The van der Waals surface area contributed by atoms with Crippen molar-refractivity contribution in [3.8, 4) is 5.69 Å². The van der Waals surface area contributed by atoms with Crippen LogP contribution >= 0.6 is 11.6 Å². The first-order valence-corrected chi connectivity index (χ1v) is 5.97. The standard InChI is InChI=1S/C15H12ClN/c1-11-7-8-12-9-10-17(15(12)14(11)16)13-5-3-2-4-6-13/h2-10H,1H3. The van der Waals surface area contributed by atoms with Crippen LogP contribution in [0.3, 0.4) is 0 Å². The fourth-order valence-corrected chi connectivity index (χ4v) is 2.36. The Balaban J connectivity index is 2.35. The van der Waals surface area contributed by atoms with E-state index in [4.69, 9.17) is 11.6 Å². The van der Waals surface area contributed by atoms with E-state index in [1.807, 2.05) is 25.1 Å². The SMILES string of the molecule is Cc1ccc2ccn(-c3ccccc3)c2c1Cl. The fourth-order valence-electron chi connectivity index (χ4n) is 2.09. The van der Waals surface area contributed by atoms with Crippen molar-refractivity contribution in [2.24, 2.45) is 0 Å². The van der Waals surface area contributed by atoms with Gasteiger partial charge in [-0.3, -0.25) is 0 Å². The van der Waals surface area contributed by atoms with Crippen LogP contribution in [0.25, 0.3) is 16.6 Å². The first-order chi connectivity index (χ1) is 8.27. The van der Waals surface area contributed by atoms with E-state index >= 15 is 0 Å². The molecule has 0 aliphatic heterocycles. The molecule has 0 amide bonds. The number of nitrogens with zero attached hydrogens (tertiary/aromatic N) is 1. The normalized spacial score (nSPS) is 10.9. The number of fused-ring (bicyclic) bond motifs is 1. The largest absolute Gasteiger partial charge is 0.315 e. The van der Waals surface area contributed by atoms with Crippen LogP contribution in [-0.4, -0.2) is 4.57 Å². The molecule has 0 bridgehead atoms. The molecular formula is C15H12ClN. The monoisotopic (exact) mass is 241 g/mol. The van der Waals surface area contributed by atoms with Gasteiger partial charge in [-0.15, -0.1) is 0 Å². The van der Waals surface area contributed by atoms with Gasteiger partial charge in [-0.2, -0.15) is 0 Å². The number of aromatic nitrogens is 1. The Hall–Kier alpha value is -1.73.